The summed E-state index contributed by atoms with van der Waals surface area (Å²) in [6.45, 7) is 1.93. The molecule has 2 N–H and O–H groups in total. The van der Waals surface area contributed by atoms with E-state index < -0.39 is 0 Å². The van der Waals surface area contributed by atoms with E-state index in [1.54, 1.807) is 0 Å². The van der Waals surface area contributed by atoms with Crippen molar-refractivity contribution in [2.24, 2.45) is 0 Å². The van der Waals surface area contributed by atoms with Gasteiger partial charge in [-0.1, -0.05) is 30.3 Å². The molecule has 2 heterocycles. The normalized spacial score (nSPS) is 12.5. The van der Waals surface area contributed by atoms with E-state index in [4.69, 9.17) is 4.42 Å². The summed E-state index contributed by atoms with van der Waals surface area (Å²) in [5.74, 6) is 1.57. The zero-order chi connectivity index (χ0) is 17.2. The summed E-state index contributed by atoms with van der Waals surface area (Å²) < 4.78 is 5.80. The second-order valence-corrected chi connectivity index (χ2v) is 6.18. The first-order valence-corrected chi connectivity index (χ1v) is 8.40. The van der Waals surface area contributed by atoms with Crippen LogP contribution in [-0.4, -0.2) is 15.9 Å². The second-order valence-electron chi connectivity index (χ2n) is 6.18. The number of nitrogens with zero attached hydrogens (tertiary/aromatic N) is 1. The fourth-order valence-electron chi connectivity index (χ4n) is 2.96. The van der Waals surface area contributed by atoms with E-state index in [-0.39, 0.29) is 11.9 Å². The first kappa shape index (κ1) is 15.4. The Bertz CT molecular complexity index is 965. The molecule has 0 bridgehead atoms. The molecule has 0 radical (unpaired) electrons. The number of furan rings is 1. The van der Waals surface area contributed by atoms with Gasteiger partial charge in [-0.3, -0.25) is 4.79 Å². The van der Waals surface area contributed by atoms with E-state index in [1.807, 2.05) is 61.5 Å². The maximum absolute atomic E-state index is 12.2. The number of amides is 1. The zero-order valence-electron chi connectivity index (χ0n) is 14.0. The Morgan fingerprint density at radius 2 is 2.00 bits per heavy atom. The Labute approximate surface area is 145 Å². The van der Waals surface area contributed by atoms with E-state index in [0.717, 1.165) is 33.6 Å². The van der Waals surface area contributed by atoms with Gasteiger partial charge in [-0.05, 0) is 31.2 Å². The summed E-state index contributed by atoms with van der Waals surface area (Å²) in [6, 6.07) is 17.5. The summed E-state index contributed by atoms with van der Waals surface area (Å²) >= 11 is 0. The molecule has 2 aromatic heterocycles. The summed E-state index contributed by atoms with van der Waals surface area (Å²) in [5.41, 5.74) is 2.75. The Kier molecular flexibility index (Phi) is 3.98. The minimum atomic E-state index is -0.171. The van der Waals surface area contributed by atoms with Gasteiger partial charge in [0, 0.05) is 18.2 Å². The van der Waals surface area contributed by atoms with Gasteiger partial charge in [0.25, 0.3) is 0 Å². The zero-order valence-corrected chi connectivity index (χ0v) is 14.0. The minimum Gasteiger partial charge on any atom is -0.459 e. The van der Waals surface area contributed by atoms with Gasteiger partial charge in [0.15, 0.2) is 0 Å². The van der Waals surface area contributed by atoms with Gasteiger partial charge in [0.05, 0.1) is 17.1 Å². The lowest BCUT2D eigenvalue weighted by Crippen LogP contribution is -2.26. The lowest BCUT2D eigenvalue weighted by atomic mass is 10.2. The maximum atomic E-state index is 12.2. The first-order chi connectivity index (χ1) is 12.2. The number of nitrogens with one attached hydrogen (secondary N) is 2. The molecule has 1 atom stereocenters. The molecule has 0 aliphatic carbocycles. The number of carbonyl (C=O) groups excluding carboxylic acids is 1. The smallest absolute Gasteiger partial charge is 0.221 e. The number of H-pyrrole nitrogens is 1. The van der Waals surface area contributed by atoms with Crippen LogP contribution < -0.4 is 5.32 Å². The van der Waals surface area contributed by atoms with Crippen molar-refractivity contribution in [3.8, 4) is 0 Å². The Morgan fingerprint density at radius 3 is 2.84 bits per heavy atom. The van der Waals surface area contributed by atoms with Gasteiger partial charge >= 0.3 is 0 Å². The van der Waals surface area contributed by atoms with E-state index >= 15 is 0 Å². The number of benzene rings is 2. The number of hydrogen-bond acceptors (Lipinski definition) is 3. The molecule has 0 spiro atoms. The molecular weight excluding hydrogens is 314 g/mol. The standard InChI is InChI=1S/C20H19N3O2/c1-13(18-12-14-6-2-5-9-17(14)25-18)21-20(24)11-10-19-22-15-7-3-4-8-16(15)23-19/h2-9,12-13H,10-11H2,1H3,(H,21,24)(H,22,23)/t13-/m0/s1. The van der Waals surface area contributed by atoms with Crippen molar-refractivity contribution < 1.29 is 9.21 Å². The molecule has 0 saturated carbocycles. The van der Waals surface area contributed by atoms with Crippen molar-refractivity contribution in [1.82, 2.24) is 15.3 Å². The van der Waals surface area contributed by atoms with Gasteiger partial charge in [0.1, 0.15) is 17.2 Å². The highest BCUT2D eigenvalue weighted by Crippen LogP contribution is 2.23. The Balaban J connectivity index is 1.37. The number of carbonyl (C=O) groups is 1. The summed E-state index contributed by atoms with van der Waals surface area (Å²) in [7, 11) is 0. The van der Waals surface area contributed by atoms with Crippen LogP contribution in [0.25, 0.3) is 22.0 Å². The molecule has 0 unspecified atom stereocenters. The number of fused-ring (bicyclic) bond motifs is 2. The average Bonchev–Trinajstić information content (AvgIpc) is 3.23. The molecule has 0 saturated heterocycles. The third kappa shape index (κ3) is 3.26. The maximum Gasteiger partial charge on any atom is 0.221 e. The van der Waals surface area contributed by atoms with Crippen LogP contribution in [0.1, 0.15) is 31.0 Å². The number of hydrogen-bond donors (Lipinski definition) is 2. The van der Waals surface area contributed by atoms with Crippen molar-refractivity contribution in [3.63, 3.8) is 0 Å². The highest BCUT2D eigenvalue weighted by atomic mass is 16.3. The second kappa shape index (κ2) is 6.43. The monoisotopic (exact) mass is 333 g/mol. The van der Waals surface area contributed by atoms with Crippen molar-refractivity contribution in [1.29, 1.82) is 0 Å². The predicted molar refractivity (Wildman–Crippen MR) is 97.2 cm³/mol. The van der Waals surface area contributed by atoms with Crippen LogP contribution in [0.3, 0.4) is 0 Å². The highest BCUT2D eigenvalue weighted by Gasteiger charge is 2.14. The number of aromatic amines is 1. The van der Waals surface area contributed by atoms with Gasteiger partial charge < -0.3 is 14.7 Å². The predicted octanol–water partition coefficient (Wildman–Crippen LogP) is 4.12. The molecule has 2 aromatic carbocycles. The lowest BCUT2D eigenvalue weighted by molar-refractivity contribution is -0.121. The number of imidazole rings is 1. The van der Waals surface area contributed by atoms with Gasteiger partial charge in [0.2, 0.25) is 5.91 Å². The summed E-state index contributed by atoms with van der Waals surface area (Å²) in [6.07, 6.45) is 0.956. The first-order valence-electron chi connectivity index (χ1n) is 8.40. The van der Waals surface area contributed by atoms with Gasteiger partial charge in [-0.2, -0.15) is 0 Å². The SMILES string of the molecule is C[C@H](NC(=O)CCc1nc2ccccc2[nH]1)c1cc2ccccc2o1. The third-order valence-electron chi connectivity index (χ3n) is 4.28. The molecule has 25 heavy (non-hydrogen) atoms. The molecule has 126 valence electrons. The number of aryl methyl sites for hydroxylation is 1. The van der Waals surface area contributed by atoms with Crippen LogP contribution in [-0.2, 0) is 11.2 Å². The van der Waals surface area contributed by atoms with Gasteiger partial charge in [-0.15, -0.1) is 0 Å². The molecule has 4 aromatic rings. The molecule has 4 rings (SSSR count). The summed E-state index contributed by atoms with van der Waals surface area (Å²) in [4.78, 5) is 20.0. The molecule has 0 aliphatic rings. The van der Waals surface area contributed by atoms with E-state index in [9.17, 15) is 4.79 Å². The van der Waals surface area contributed by atoms with Crippen molar-refractivity contribution in [2.75, 3.05) is 0 Å². The Hall–Kier alpha value is -3.08. The Morgan fingerprint density at radius 1 is 1.20 bits per heavy atom. The summed E-state index contributed by atoms with van der Waals surface area (Å²) in [5, 5.41) is 4.03. The van der Waals surface area contributed by atoms with Crippen LogP contribution in [0.4, 0.5) is 0 Å². The molecule has 5 heteroatoms. The van der Waals surface area contributed by atoms with Crippen LogP contribution in [0.5, 0.6) is 0 Å². The molecule has 0 fully saturated rings. The molecular formula is C20H19N3O2. The van der Waals surface area contributed by atoms with Crippen molar-refractivity contribution in [2.45, 2.75) is 25.8 Å². The average molecular weight is 333 g/mol. The van der Waals surface area contributed by atoms with Crippen LogP contribution in [0.2, 0.25) is 0 Å². The topological polar surface area (TPSA) is 70.9 Å². The number of rotatable bonds is 5. The quantitative estimate of drug-likeness (QED) is 0.577. The van der Waals surface area contributed by atoms with Gasteiger partial charge in [-0.25, -0.2) is 4.98 Å². The molecule has 0 aliphatic heterocycles. The van der Waals surface area contributed by atoms with Crippen molar-refractivity contribution in [3.05, 3.63) is 66.2 Å². The third-order valence-corrected chi connectivity index (χ3v) is 4.28. The van der Waals surface area contributed by atoms with Crippen molar-refractivity contribution >= 4 is 27.9 Å². The van der Waals surface area contributed by atoms with Crippen LogP contribution in [0.15, 0.2) is 59.0 Å². The van der Waals surface area contributed by atoms with Crippen LogP contribution in [0, 0.1) is 0 Å². The highest BCUT2D eigenvalue weighted by molar-refractivity contribution is 5.79. The lowest BCUT2D eigenvalue weighted by Gasteiger charge is -2.10. The minimum absolute atomic E-state index is 0.0200. The molecule has 1 amide bonds. The number of para-hydroxylation sites is 3. The fourth-order valence-corrected chi connectivity index (χ4v) is 2.96. The molecule has 5 nitrogen and oxygen atoms in total. The largest absolute Gasteiger partial charge is 0.459 e. The number of aromatic nitrogens is 2. The van der Waals surface area contributed by atoms with Crippen LogP contribution >= 0.6 is 0 Å². The van der Waals surface area contributed by atoms with E-state index in [1.165, 1.54) is 0 Å². The van der Waals surface area contributed by atoms with E-state index in [0.29, 0.717) is 12.8 Å². The fraction of sp³-hybridized carbons (Fsp3) is 0.200. The van der Waals surface area contributed by atoms with E-state index in [2.05, 4.69) is 15.3 Å².